The molecule has 3 N–H and O–H groups in total. The number of nitrogens with one attached hydrogen (secondary N) is 3. The maximum atomic E-state index is 12.0. The number of carbonyl (C=O) groups is 2. The van der Waals surface area contributed by atoms with Gasteiger partial charge in [-0.25, -0.2) is 0 Å². The van der Waals surface area contributed by atoms with E-state index in [2.05, 4.69) is 17.6 Å². The maximum absolute atomic E-state index is 12.0. The molecular formula is C17H28N3O3+. The highest BCUT2D eigenvalue weighted by Gasteiger charge is 2.15. The summed E-state index contributed by atoms with van der Waals surface area (Å²) in [5.74, 6) is 0.524. The molecule has 0 bridgehead atoms. The van der Waals surface area contributed by atoms with Crippen LogP contribution in [-0.4, -0.2) is 45.1 Å². The number of quaternary nitrogens is 1. The van der Waals surface area contributed by atoms with Crippen molar-refractivity contribution in [2.24, 2.45) is 0 Å². The van der Waals surface area contributed by atoms with E-state index in [9.17, 15) is 9.59 Å². The average molecular weight is 322 g/mol. The molecule has 0 aliphatic carbocycles. The van der Waals surface area contributed by atoms with Crippen molar-refractivity contribution in [3.05, 3.63) is 24.3 Å². The summed E-state index contributed by atoms with van der Waals surface area (Å²) >= 11 is 0. The van der Waals surface area contributed by atoms with Crippen molar-refractivity contribution >= 4 is 17.5 Å². The Morgan fingerprint density at radius 1 is 1.26 bits per heavy atom. The van der Waals surface area contributed by atoms with Gasteiger partial charge in [0.1, 0.15) is 5.75 Å². The van der Waals surface area contributed by atoms with Gasteiger partial charge in [-0.15, -0.1) is 0 Å². The van der Waals surface area contributed by atoms with Gasteiger partial charge in [0.2, 0.25) is 0 Å². The molecule has 1 aromatic rings. The van der Waals surface area contributed by atoms with Crippen LogP contribution in [0.1, 0.15) is 26.7 Å². The Labute approximate surface area is 138 Å². The van der Waals surface area contributed by atoms with Crippen molar-refractivity contribution in [2.75, 3.05) is 32.6 Å². The van der Waals surface area contributed by atoms with Crippen LogP contribution < -0.4 is 20.3 Å². The fraction of sp³-hybridized carbons (Fsp3) is 0.529. The maximum Gasteiger partial charge on any atom is 0.279 e. The summed E-state index contributed by atoms with van der Waals surface area (Å²) in [6.45, 7) is 4.58. The molecular weight excluding hydrogens is 294 g/mol. The molecule has 23 heavy (non-hydrogen) atoms. The molecule has 2 amide bonds. The van der Waals surface area contributed by atoms with Crippen LogP contribution in [0.15, 0.2) is 24.3 Å². The Morgan fingerprint density at radius 2 is 1.96 bits per heavy atom. The first-order chi connectivity index (χ1) is 10.9. The van der Waals surface area contributed by atoms with E-state index in [1.165, 1.54) is 0 Å². The minimum atomic E-state index is -0.134. The fourth-order valence-corrected chi connectivity index (χ4v) is 2.35. The summed E-state index contributed by atoms with van der Waals surface area (Å²) in [5.41, 5.74) is 0.683. The zero-order chi connectivity index (χ0) is 17.2. The minimum absolute atomic E-state index is 0.0300. The van der Waals surface area contributed by atoms with E-state index in [1.54, 1.807) is 19.2 Å². The molecule has 6 nitrogen and oxygen atoms in total. The van der Waals surface area contributed by atoms with E-state index in [-0.39, 0.29) is 30.9 Å². The first-order valence-electron chi connectivity index (χ1n) is 7.99. The second-order valence-electron chi connectivity index (χ2n) is 5.85. The Balaban J connectivity index is 2.39. The third-order valence-electron chi connectivity index (χ3n) is 3.41. The van der Waals surface area contributed by atoms with E-state index in [0.717, 1.165) is 17.7 Å². The van der Waals surface area contributed by atoms with Crippen molar-refractivity contribution in [3.8, 4) is 5.75 Å². The van der Waals surface area contributed by atoms with Gasteiger partial charge in [-0.3, -0.25) is 9.59 Å². The van der Waals surface area contributed by atoms with Gasteiger partial charge < -0.3 is 20.3 Å². The van der Waals surface area contributed by atoms with E-state index in [4.69, 9.17) is 4.74 Å². The standard InChI is InChI=1S/C17H27N3O3/c1-5-7-13(2)18-16(21)11-20(3)12-17(22)19-14-8-6-9-15(10-14)23-4/h6,8-10,13H,5,7,11-12H2,1-4H3,(H,18,21)(H,19,22)/p+1/t13-/m0/s1. The van der Waals surface area contributed by atoms with Gasteiger partial charge in [-0.2, -0.15) is 0 Å². The van der Waals surface area contributed by atoms with Crippen LogP contribution in [0.5, 0.6) is 5.75 Å². The number of hydrogen-bond donors (Lipinski definition) is 3. The third kappa shape index (κ3) is 7.65. The molecule has 0 spiro atoms. The third-order valence-corrected chi connectivity index (χ3v) is 3.41. The number of ether oxygens (including phenoxy) is 1. The predicted molar refractivity (Wildman–Crippen MR) is 90.8 cm³/mol. The second-order valence-corrected chi connectivity index (χ2v) is 5.85. The first-order valence-corrected chi connectivity index (χ1v) is 7.99. The van der Waals surface area contributed by atoms with Gasteiger partial charge in [0.25, 0.3) is 11.8 Å². The van der Waals surface area contributed by atoms with E-state index in [1.807, 2.05) is 26.1 Å². The van der Waals surface area contributed by atoms with Crippen molar-refractivity contribution < 1.29 is 19.2 Å². The summed E-state index contributed by atoms with van der Waals surface area (Å²) in [5, 5.41) is 5.75. The summed E-state index contributed by atoms with van der Waals surface area (Å²) in [6, 6.07) is 7.36. The molecule has 0 heterocycles. The van der Waals surface area contributed by atoms with Gasteiger partial charge in [0.15, 0.2) is 13.1 Å². The summed E-state index contributed by atoms with van der Waals surface area (Å²) < 4.78 is 5.12. The van der Waals surface area contributed by atoms with E-state index in [0.29, 0.717) is 11.4 Å². The second kappa shape index (κ2) is 9.84. The highest BCUT2D eigenvalue weighted by atomic mass is 16.5. The fourth-order valence-electron chi connectivity index (χ4n) is 2.35. The summed E-state index contributed by atoms with van der Waals surface area (Å²) in [7, 11) is 3.41. The normalized spacial score (nSPS) is 13.0. The van der Waals surface area contributed by atoms with Crippen LogP contribution in [-0.2, 0) is 9.59 Å². The smallest absolute Gasteiger partial charge is 0.279 e. The van der Waals surface area contributed by atoms with Gasteiger partial charge >= 0.3 is 0 Å². The molecule has 0 fully saturated rings. The van der Waals surface area contributed by atoms with Crippen molar-refractivity contribution in [2.45, 2.75) is 32.7 Å². The Morgan fingerprint density at radius 3 is 2.61 bits per heavy atom. The van der Waals surface area contributed by atoms with Crippen molar-refractivity contribution in [1.29, 1.82) is 0 Å². The quantitative estimate of drug-likeness (QED) is 0.618. The monoisotopic (exact) mass is 322 g/mol. The molecule has 0 aliphatic heterocycles. The van der Waals surface area contributed by atoms with Gasteiger partial charge in [0, 0.05) is 17.8 Å². The zero-order valence-electron chi connectivity index (χ0n) is 14.4. The number of rotatable bonds is 9. The molecule has 1 rings (SSSR count). The first kappa shape index (κ1) is 19.0. The van der Waals surface area contributed by atoms with Crippen molar-refractivity contribution in [1.82, 2.24) is 5.32 Å². The van der Waals surface area contributed by atoms with Crippen LogP contribution in [0.2, 0.25) is 0 Å². The number of carbonyl (C=O) groups excluding carboxylic acids is 2. The van der Waals surface area contributed by atoms with E-state index < -0.39 is 0 Å². The lowest BCUT2D eigenvalue weighted by molar-refractivity contribution is -0.862. The lowest BCUT2D eigenvalue weighted by atomic mass is 10.2. The molecule has 0 aliphatic rings. The van der Waals surface area contributed by atoms with Crippen LogP contribution >= 0.6 is 0 Å². The van der Waals surface area contributed by atoms with Crippen LogP contribution in [0.25, 0.3) is 0 Å². The van der Waals surface area contributed by atoms with Gasteiger partial charge in [-0.05, 0) is 25.5 Å². The largest absolute Gasteiger partial charge is 0.497 e. The lowest BCUT2D eigenvalue weighted by Crippen LogP contribution is -3.11. The molecule has 6 heteroatoms. The minimum Gasteiger partial charge on any atom is -0.497 e. The number of hydrogen-bond acceptors (Lipinski definition) is 3. The Kier molecular flexibility index (Phi) is 8.11. The molecule has 0 radical (unpaired) electrons. The molecule has 1 aromatic carbocycles. The molecule has 0 aromatic heterocycles. The average Bonchev–Trinajstić information content (AvgIpc) is 2.46. The number of anilines is 1. The molecule has 0 saturated heterocycles. The highest BCUT2D eigenvalue weighted by molar-refractivity contribution is 5.91. The number of benzene rings is 1. The molecule has 2 atom stereocenters. The zero-order valence-corrected chi connectivity index (χ0v) is 14.4. The summed E-state index contributed by atoms with van der Waals surface area (Å²) in [6.07, 6.45) is 1.99. The topological polar surface area (TPSA) is 71.9 Å². The number of likely N-dealkylation sites (N-methyl/N-ethyl adjacent to an activating group) is 1. The van der Waals surface area contributed by atoms with Crippen LogP contribution in [0.3, 0.4) is 0 Å². The molecule has 128 valence electrons. The Bertz CT molecular complexity index is 520. The van der Waals surface area contributed by atoms with E-state index >= 15 is 0 Å². The van der Waals surface area contributed by atoms with Crippen LogP contribution in [0.4, 0.5) is 5.69 Å². The number of amides is 2. The van der Waals surface area contributed by atoms with Gasteiger partial charge in [0.05, 0.1) is 14.2 Å². The lowest BCUT2D eigenvalue weighted by Gasteiger charge is -2.16. The summed E-state index contributed by atoms with van der Waals surface area (Å²) in [4.78, 5) is 24.7. The van der Waals surface area contributed by atoms with Crippen molar-refractivity contribution in [3.63, 3.8) is 0 Å². The Hall–Kier alpha value is -2.08. The predicted octanol–water partition coefficient (Wildman–Crippen LogP) is 0.453. The van der Waals surface area contributed by atoms with Crippen LogP contribution in [0, 0.1) is 0 Å². The van der Waals surface area contributed by atoms with Gasteiger partial charge in [-0.1, -0.05) is 19.4 Å². The SMILES string of the molecule is CCC[C@H](C)NC(=O)C[NH+](C)CC(=O)Nc1cccc(OC)c1. The molecule has 0 saturated carbocycles. The molecule has 1 unspecified atom stereocenters. The highest BCUT2D eigenvalue weighted by Crippen LogP contribution is 2.16. The number of methoxy groups -OCH3 is 1.